The third-order valence-corrected chi connectivity index (χ3v) is 2.84. The van der Waals surface area contributed by atoms with E-state index >= 15 is 0 Å². The van der Waals surface area contributed by atoms with E-state index in [-0.39, 0.29) is 11.4 Å². The number of hydrogen-bond acceptors (Lipinski definition) is 3. The molecule has 0 radical (unpaired) electrons. The normalized spacial score (nSPS) is 10.9. The molecule has 0 fully saturated rings. The third kappa shape index (κ3) is 2.56. The molecule has 0 amide bonds. The summed E-state index contributed by atoms with van der Waals surface area (Å²) in [7, 11) is 1.55. The molecule has 0 atom stereocenters. The van der Waals surface area contributed by atoms with Crippen molar-refractivity contribution in [3.8, 4) is 11.4 Å². The third-order valence-electron chi connectivity index (χ3n) is 2.38. The molecule has 0 aliphatic carbocycles. The smallest absolute Gasteiger partial charge is 0.169 e. The lowest BCUT2D eigenvalue weighted by atomic mass is 10.2. The number of methoxy groups -OCH3 is 1. The summed E-state index contributed by atoms with van der Waals surface area (Å²) in [6.07, 6.45) is 1.41. The molecule has 7 heteroatoms. The Labute approximate surface area is 111 Å². The lowest BCUT2D eigenvalue weighted by molar-refractivity contribution is 0.187. The maximum atomic E-state index is 13.8. The highest BCUT2D eigenvalue weighted by Gasteiger charge is 2.18. The second-order valence-electron chi connectivity index (χ2n) is 3.59. The van der Waals surface area contributed by atoms with E-state index < -0.39 is 11.6 Å². The van der Waals surface area contributed by atoms with Crippen LogP contribution in [0.3, 0.4) is 0 Å². The first-order chi connectivity index (χ1) is 8.63. The largest absolute Gasteiger partial charge is 0.383 e. The molecule has 0 aliphatic heterocycles. The van der Waals surface area contributed by atoms with Gasteiger partial charge in [0.15, 0.2) is 5.82 Å². The predicted molar refractivity (Wildman–Crippen MR) is 65.0 cm³/mol. The van der Waals surface area contributed by atoms with Gasteiger partial charge in [-0.3, -0.25) is 0 Å². The van der Waals surface area contributed by atoms with E-state index in [9.17, 15) is 8.78 Å². The van der Waals surface area contributed by atoms with E-state index in [1.165, 1.54) is 18.5 Å². The Morgan fingerprint density at radius 3 is 2.61 bits per heavy atom. The molecule has 96 valence electrons. The summed E-state index contributed by atoms with van der Waals surface area (Å²) in [5, 5.41) is 7.42. The van der Waals surface area contributed by atoms with E-state index in [0.29, 0.717) is 17.6 Å². The fraction of sp³-hybridized carbons (Fsp3) is 0.273. The van der Waals surface area contributed by atoms with E-state index in [2.05, 4.69) is 26.1 Å². The van der Waals surface area contributed by atoms with Crippen LogP contribution in [-0.2, 0) is 11.3 Å². The van der Waals surface area contributed by atoms with Crippen molar-refractivity contribution >= 4 is 15.9 Å². The molecule has 0 bridgehead atoms. The van der Waals surface area contributed by atoms with E-state index in [4.69, 9.17) is 4.74 Å². The highest BCUT2D eigenvalue weighted by molar-refractivity contribution is 9.10. The van der Waals surface area contributed by atoms with Crippen LogP contribution < -0.4 is 0 Å². The number of aromatic nitrogens is 3. The van der Waals surface area contributed by atoms with Gasteiger partial charge in [-0.1, -0.05) is 15.9 Å². The van der Waals surface area contributed by atoms with Gasteiger partial charge in [-0.15, -0.1) is 10.2 Å². The van der Waals surface area contributed by atoms with Gasteiger partial charge in [0.25, 0.3) is 0 Å². The number of nitrogens with zero attached hydrogens (tertiary/aromatic N) is 3. The molecule has 1 heterocycles. The maximum Gasteiger partial charge on any atom is 0.169 e. The average molecular weight is 318 g/mol. The fourth-order valence-electron chi connectivity index (χ4n) is 1.56. The summed E-state index contributed by atoms with van der Waals surface area (Å²) in [5.74, 6) is -1.23. The minimum Gasteiger partial charge on any atom is -0.383 e. The standard InChI is InChI=1S/C11H10BrF2N3O/c1-18-3-2-17-6-15-16-11(17)10-8(13)4-7(12)5-9(10)14/h4-6H,2-3H2,1H3. The topological polar surface area (TPSA) is 39.9 Å². The first-order valence-corrected chi connectivity index (χ1v) is 5.94. The van der Waals surface area contributed by atoms with Crippen LogP contribution in [0.25, 0.3) is 11.4 Å². The van der Waals surface area contributed by atoms with Crippen molar-refractivity contribution < 1.29 is 13.5 Å². The van der Waals surface area contributed by atoms with Gasteiger partial charge in [0, 0.05) is 18.1 Å². The summed E-state index contributed by atoms with van der Waals surface area (Å²) in [6.45, 7) is 0.832. The quantitative estimate of drug-likeness (QED) is 0.870. The molecular formula is C11H10BrF2N3O. The molecule has 0 saturated heterocycles. The van der Waals surface area contributed by atoms with Crippen molar-refractivity contribution in [2.75, 3.05) is 13.7 Å². The maximum absolute atomic E-state index is 13.8. The van der Waals surface area contributed by atoms with E-state index in [1.807, 2.05) is 0 Å². The molecule has 0 N–H and O–H groups in total. The van der Waals surface area contributed by atoms with Gasteiger partial charge in [0.1, 0.15) is 18.0 Å². The zero-order valence-corrected chi connectivity index (χ0v) is 11.1. The summed E-state index contributed by atoms with van der Waals surface area (Å²) in [5.41, 5.74) is -0.188. The van der Waals surface area contributed by atoms with Gasteiger partial charge in [0.05, 0.1) is 12.2 Å². The SMILES string of the molecule is COCCn1cnnc1-c1c(F)cc(Br)cc1F. The second kappa shape index (κ2) is 5.53. The Morgan fingerprint density at radius 2 is 2.00 bits per heavy atom. The predicted octanol–water partition coefficient (Wildman–Crippen LogP) is 2.63. The van der Waals surface area contributed by atoms with Gasteiger partial charge in [-0.25, -0.2) is 8.78 Å². The van der Waals surface area contributed by atoms with Gasteiger partial charge >= 0.3 is 0 Å². The average Bonchev–Trinajstić information content (AvgIpc) is 2.73. The Balaban J connectivity index is 2.46. The summed E-state index contributed by atoms with van der Waals surface area (Å²) in [6, 6.07) is 2.38. The Bertz CT molecular complexity index is 536. The van der Waals surface area contributed by atoms with Crippen molar-refractivity contribution in [1.29, 1.82) is 0 Å². The van der Waals surface area contributed by atoms with E-state index in [1.54, 1.807) is 11.7 Å². The van der Waals surface area contributed by atoms with Crippen LogP contribution in [-0.4, -0.2) is 28.5 Å². The molecular weight excluding hydrogens is 308 g/mol. The van der Waals surface area contributed by atoms with Crippen molar-refractivity contribution in [1.82, 2.24) is 14.8 Å². The number of rotatable bonds is 4. The number of benzene rings is 1. The summed E-state index contributed by atoms with van der Waals surface area (Å²) >= 11 is 3.03. The second-order valence-corrected chi connectivity index (χ2v) is 4.50. The van der Waals surface area contributed by atoms with Gasteiger partial charge in [-0.2, -0.15) is 0 Å². The minimum absolute atomic E-state index is 0.148. The van der Waals surface area contributed by atoms with Crippen LogP contribution >= 0.6 is 15.9 Å². The molecule has 2 rings (SSSR count). The van der Waals surface area contributed by atoms with Crippen molar-refractivity contribution in [3.63, 3.8) is 0 Å². The monoisotopic (exact) mass is 317 g/mol. The van der Waals surface area contributed by atoms with Crippen LogP contribution in [0.2, 0.25) is 0 Å². The van der Waals surface area contributed by atoms with Crippen LogP contribution in [0.5, 0.6) is 0 Å². The molecule has 1 aromatic carbocycles. The van der Waals surface area contributed by atoms with Crippen LogP contribution in [0.1, 0.15) is 0 Å². The number of hydrogen-bond donors (Lipinski definition) is 0. The first kappa shape index (κ1) is 13.1. The van der Waals surface area contributed by atoms with Crippen LogP contribution in [0, 0.1) is 11.6 Å². The highest BCUT2D eigenvalue weighted by atomic mass is 79.9. The number of halogens is 3. The molecule has 2 aromatic rings. The Hall–Kier alpha value is -1.34. The van der Waals surface area contributed by atoms with Crippen molar-refractivity contribution in [2.24, 2.45) is 0 Å². The van der Waals surface area contributed by atoms with Gasteiger partial charge in [-0.05, 0) is 12.1 Å². The molecule has 4 nitrogen and oxygen atoms in total. The Kier molecular flexibility index (Phi) is 4.03. The minimum atomic E-state index is -0.687. The molecule has 0 spiro atoms. The van der Waals surface area contributed by atoms with Crippen LogP contribution in [0.4, 0.5) is 8.78 Å². The fourth-order valence-corrected chi connectivity index (χ4v) is 1.96. The molecule has 18 heavy (non-hydrogen) atoms. The zero-order chi connectivity index (χ0) is 13.1. The molecule has 0 saturated carbocycles. The van der Waals surface area contributed by atoms with Crippen LogP contribution in [0.15, 0.2) is 22.9 Å². The van der Waals surface area contributed by atoms with Gasteiger partial charge < -0.3 is 9.30 Å². The first-order valence-electron chi connectivity index (χ1n) is 5.15. The lowest BCUT2D eigenvalue weighted by Crippen LogP contribution is -2.06. The van der Waals surface area contributed by atoms with Crippen molar-refractivity contribution in [3.05, 3.63) is 34.6 Å². The number of ether oxygens (including phenoxy) is 1. The summed E-state index contributed by atoms with van der Waals surface area (Å²) < 4.78 is 34.4. The molecule has 0 unspecified atom stereocenters. The van der Waals surface area contributed by atoms with Gasteiger partial charge in [0.2, 0.25) is 0 Å². The molecule has 1 aromatic heterocycles. The molecule has 0 aliphatic rings. The van der Waals surface area contributed by atoms with Crippen molar-refractivity contribution in [2.45, 2.75) is 6.54 Å². The lowest BCUT2D eigenvalue weighted by Gasteiger charge is -2.08. The van der Waals surface area contributed by atoms with E-state index in [0.717, 1.165) is 0 Å². The zero-order valence-electron chi connectivity index (χ0n) is 9.53. The Morgan fingerprint density at radius 1 is 1.33 bits per heavy atom. The summed E-state index contributed by atoms with van der Waals surface area (Å²) in [4.78, 5) is 0. The highest BCUT2D eigenvalue weighted by Crippen LogP contribution is 2.27.